The number of carbonyl (C=O) groups is 1. The second kappa shape index (κ2) is 13.3. The standard InChI is InChI=1S/C31H34ClN7O4/c1-41-26-4-2-22(14-25(26)32)6-7-34-31(40)16-24-19-37(18-23-3-5-27-28(15-23)43-13-12-42-27)10-11-39(24)30-17-29(35-20-36-30)38-9-8-33-21-38/h2-5,8-9,14-15,17,20-21,24H,6-7,10-13,16,18-19H2,1H3,(H,34,40). The molecular formula is C31H34ClN7O4. The Balaban J connectivity index is 1.14. The number of amides is 1. The summed E-state index contributed by atoms with van der Waals surface area (Å²) in [6, 6.07) is 13.6. The molecule has 2 aliphatic heterocycles. The molecule has 11 nitrogen and oxygen atoms in total. The summed E-state index contributed by atoms with van der Waals surface area (Å²) in [6.07, 6.45) is 7.82. The molecule has 1 amide bonds. The molecule has 12 heteroatoms. The van der Waals surface area contributed by atoms with Gasteiger partial charge in [-0.15, -0.1) is 0 Å². The number of benzene rings is 2. The topological polar surface area (TPSA) is 107 Å². The first-order chi connectivity index (χ1) is 21.1. The third-order valence-corrected chi connectivity index (χ3v) is 7.95. The number of imidazole rings is 1. The monoisotopic (exact) mass is 603 g/mol. The maximum Gasteiger partial charge on any atom is 0.222 e. The van der Waals surface area contributed by atoms with Crippen molar-refractivity contribution in [3.05, 3.63) is 83.7 Å². The number of methoxy groups -OCH3 is 1. The van der Waals surface area contributed by atoms with Crippen molar-refractivity contribution in [2.24, 2.45) is 0 Å². The summed E-state index contributed by atoms with van der Waals surface area (Å²) >= 11 is 6.27. The van der Waals surface area contributed by atoms with E-state index in [2.05, 4.69) is 42.2 Å². The van der Waals surface area contributed by atoms with E-state index in [0.29, 0.717) is 56.5 Å². The average molecular weight is 604 g/mol. The lowest BCUT2D eigenvalue weighted by atomic mass is 10.1. The maximum absolute atomic E-state index is 13.2. The van der Waals surface area contributed by atoms with Crippen LogP contribution in [0.5, 0.6) is 17.2 Å². The number of ether oxygens (including phenoxy) is 3. The zero-order valence-corrected chi connectivity index (χ0v) is 24.7. The van der Waals surface area contributed by atoms with Gasteiger partial charge in [-0.1, -0.05) is 23.7 Å². The number of hydrogen-bond donors (Lipinski definition) is 1. The molecule has 0 spiro atoms. The summed E-state index contributed by atoms with van der Waals surface area (Å²) in [6.45, 7) is 4.59. The van der Waals surface area contributed by atoms with Crippen LogP contribution in [0.4, 0.5) is 5.82 Å². The van der Waals surface area contributed by atoms with Crippen molar-refractivity contribution in [1.29, 1.82) is 0 Å². The summed E-state index contributed by atoms with van der Waals surface area (Å²) in [7, 11) is 1.59. The molecule has 2 aromatic heterocycles. The third kappa shape index (κ3) is 7.00. The minimum Gasteiger partial charge on any atom is -0.495 e. The van der Waals surface area contributed by atoms with Crippen molar-refractivity contribution in [1.82, 2.24) is 29.7 Å². The second-order valence-corrected chi connectivity index (χ2v) is 10.9. The average Bonchev–Trinajstić information content (AvgIpc) is 3.57. The molecule has 4 aromatic rings. The van der Waals surface area contributed by atoms with Gasteiger partial charge in [0.25, 0.3) is 0 Å². The van der Waals surface area contributed by atoms with Crippen LogP contribution in [-0.2, 0) is 17.8 Å². The molecule has 1 unspecified atom stereocenters. The Labute approximate surface area is 255 Å². The van der Waals surface area contributed by atoms with Crippen molar-refractivity contribution in [2.75, 3.05) is 51.4 Å². The highest BCUT2D eigenvalue weighted by Crippen LogP contribution is 2.32. The van der Waals surface area contributed by atoms with E-state index in [1.165, 1.54) is 0 Å². The van der Waals surface area contributed by atoms with Crippen LogP contribution >= 0.6 is 11.6 Å². The molecule has 1 fully saturated rings. The van der Waals surface area contributed by atoms with Gasteiger partial charge in [-0.05, 0) is 41.8 Å². The Morgan fingerprint density at radius 2 is 1.88 bits per heavy atom. The van der Waals surface area contributed by atoms with Gasteiger partial charge < -0.3 is 24.4 Å². The lowest BCUT2D eigenvalue weighted by Crippen LogP contribution is -2.54. The van der Waals surface area contributed by atoms with Crippen LogP contribution in [-0.4, -0.2) is 82.9 Å². The first-order valence-electron chi connectivity index (χ1n) is 14.3. The predicted octanol–water partition coefficient (Wildman–Crippen LogP) is 3.54. The van der Waals surface area contributed by atoms with Crippen LogP contribution in [0, 0.1) is 0 Å². The number of rotatable bonds is 10. The van der Waals surface area contributed by atoms with Crippen molar-refractivity contribution < 1.29 is 19.0 Å². The van der Waals surface area contributed by atoms with Crippen LogP contribution in [0.2, 0.25) is 5.02 Å². The number of carbonyl (C=O) groups excluding carboxylic acids is 1. The Hall–Kier alpha value is -4.35. The van der Waals surface area contributed by atoms with E-state index in [1.807, 2.05) is 41.1 Å². The van der Waals surface area contributed by atoms with E-state index in [0.717, 1.165) is 47.4 Å². The number of nitrogens with zero attached hydrogens (tertiary/aromatic N) is 6. The van der Waals surface area contributed by atoms with Gasteiger partial charge in [0.2, 0.25) is 5.91 Å². The quantitative estimate of drug-likeness (QED) is 0.291. The van der Waals surface area contributed by atoms with Gasteiger partial charge in [-0.25, -0.2) is 15.0 Å². The van der Waals surface area contributed by atoms with Crippen LogP contribution in [0.1, 0.15) is 17.5 Å². The highest BCUT2D eigenvalue weighted by Gasteiger charge is 2.30. The maximum atomic E-state index is 13.2. The molecule has 1 saturated heterocycles. The molecule has 0 bridgehead atoms. The Kier molecular flexibility index (Phi) is 8.90. The summed E-state index contributed by atoms with van der Waals surface area (Å²) in [5.74, 6) is 3.69. The lowest BCUT2D eigenvalue weighted by Gasteiger charge is -2.42. The van der Waals surface area contributed by atoms with E-state index in [1.54, 1.807) is 26.0 Å². The molecule has 1 N–H and O–H groups in total. The van der Waals surface area contributed by atoms with E-state index < -0.39 is 0 Å². The van der Waals surface area contributed by atoms with E-state index in [-0.39, 0.29) is 11.9 Å². The number of fused-ring (bicyclic) bond motifs is 1. The van der Waals surface area contributed by atoms with Gasteiger partial charge in [-0.2, -0.15) is 0 Å². The molecule has 43 heavy (non-hydrogen) atoms. The number of hydrogen-bond acceptors (Lipinski definition) is 9. The Morgan fingerprint density at radius 3 is 2.70 bits per heavy atom. The summed E-state index contributed by atoms with van der Waals surface area (Å²) in [5, 5.41) is 3.65. The molecule has 0 aliphatic carbocycles. The van der Waals surface area contributed by atoms with Gasteiger partial charge in [0.15, 0.2) is 11.5 Å². The van der Waals surface area contributed by atoms with E-state index >= 15 is 0 Å². The Morgan fingerprint density at radius 1 is 1.05 bits per heavy atom. The van der Waals surface area contributed by atoms with E-state index in [4.69, 9.17) is 25.8 Å². The number of piperazine rings is 1. The minimum atomic E-state index is -0.0908. The Bertz CT molecular complexity index is 1550. The zero-order chi connectivity index (χ0) is 29.6. The van der Waals surface area contributed by atoms with Crippen molar-refractivity contribution in [3.63, 3.8) is 0 Å². The number of aromatic nitrogens is 4. The number of anilines is 1. The normalized spacial score (nSPS) is 16.6. The second-order valence-electron chi connectivity index (χ2n) is 10.5. The minimum absolute atomic E-state index is 0.0142. The summed E-state index contributed by atoms with van der Waals surface area (Å²) in [5.41, 5.74) is 2.17. The molecular weight excluding hydrogens is 570 g/mol. The van der Waals surface area contributed by atoms with Crippen LogP contribution in [0.3, 0.4) is 0 Å². The molecule has 6 rings (SSSR count). The lowest BCUT2D eigenvalue weighted by molar-refractivity contribution is -0.121. The SMILES string of the molecule is COc1ccc(CCNC(=O)CC2CN(Cc3ccc4c(c3)OCCO4)CCN2c2cc(-n3ccnc3)ncn2)cc1Cl. The van der Waals surface area contributed by atoms with Crippen LogP contribution in [0.15, 0.2) is 67.5 Å². The van der Waals surface area contributed by atoms with Gasteiger partial charge in [-0.3, -0.25) is 14.3 Å². The smallest absolute Gasteiger partial charge is 0.222 e. The number of halogens is 1. The molecule has 4 heterocycles. The van der Waals surface area contributed by atoms with Crippen LogP contribution in [0.25, 0.3) is 5.82 Å². The first-order valence-corrected chi connectivity index (χ1v) is 14.7. The van der Waals surface area contributed by atoms with Crippen molar-refractivity contribution in [2.45, 2.75) is 25.4 Å². The zero-order valence-electron chi connectivity index (χ0n) is 24.0. The summed E-state index contributed by atoms with van der Waals surface area (Å²) < 4.78 is 18.6. The van der Waals surface area contributed by atoms with Gasteiger partial charge in [0.1, 0.15) is 43.3 Å². The fourth-order valence-corrected chi connectivity index (χ4v) is 5.79. The van der Waals surface area contributed by atoms with Gasteiger partial charge in [0, 0.05) is 57.6 Å². The highest BCUT2D eigenvalue weighted by atomic mass is 35.5. The molecule has 2 aromatic carbocycles. The van der Waals surface area contributed by atoms with Crippen molar-refractivity contribution >= 4 is 23.3 Å². The molecule has 1 atom stereocenters. The summed E-state index contributed by atoms with van der Waals surface area (Å²) in [4.78, 5) is 31.0. The van der Waals surface area contributed by atoms with Gasteiger partial charge in [0.05, 0.1) is 18.2 Å². The predicted molar refractivity (Wildman–Crippen MR) is 162 cm³/mol. The third-order valence-electron chi connectivity index (χ3n) is 7.65. The fraction of sp³-hybridized carbons (Fsp3) is 0.355. The molecule has 0 saturated carbocycles. The van der Waals surface area contributed by atoms with Crippen LogP contribution < -0.4 is 24.4 Å². The van der Waals surface area contributed by atoms with Gasteiger partial charge >= 0.3 is 0 Å². The molecule has 2 aliphatic rings. The highest BCUT2D eigenvalue weighted by molar-refractivity contribution is 6.32. The largest absolute Gasteiger partial charge is 0.495 e. The van der Waals surface area contributed by atoms with E-state index in [9.17, 15) is 4.79 Å². The first kappa shape index (κ1) is 28.8. The van der Waals surface area contributed by atoms with Crippen molar-refractivity contribution in [3.8, 4) is 23.1 Å². The molecule has 224 valence electrons. The fourth-order valence-electron chi connectivity index (χ4n) is 5.51. The number of nitrogens with one attached hydrogen (secondary N) is 1. The molecule has 0 radical (unpaired) electrons.